The van der Waals surface area contributed by atoms with Gasteiger partial charge in [-0.1, -0.05) is 0 Å². The van der Waals surface area contributed by atoms with E-state index in [4.69, 9.17) is 0 Å². The van der Waals surface area contributed by atoms with Crippen LogP contribution in [0.1, 0.15) is 47.8 Å². The molecule has 1 aliphatic rings. The average Bonchev–Trinajstić information content (AvgIpc) is 3.40. The molecule has 6 nitrogen and oxygen atoms in total. The van der Waals surface area contributed by atoms with Gasteiger partial charge in [0.1, 0.15) is 17.3 Å². The van der Waals surface area contributed by atoms with Crippen molar-refractivity contribution >= 4 is 16.9 Å². The number of hydrogen-bond acceptors (Lipinski definition) is 4. The van der Waals surface area contributed by atoms with Crippen molar-refractivity contribution < 1.29 is 9.18 Å². The Labute approximate surface area is 150 Å². The minimum absolute atomic E-state index is 0.221. The molecule has 1 N–H and O–H groups in total. The number of benzene rings is 1. The maximum absolute atomic E-state index is 13.6. The Hall–Kier alpha value is -2.83. The first-order chi connectivity index (χ1) is 12.6. The second kappa shape index (κ2) is 6.48. The van der Waals surface area contributed by atoms with E-state index in [-0.39, 0.29) is 23.5 Å². The second-order valence-corrected chi connectivity index (χ2v) is 6.68. The Morgan fingerprint density at radius 3 is 2.81 bits per heavy atom. The van der Waals surface area contributed by atoms with Crippen LogP contribution in [0.2, 0.25) is 0 Å². The van der Waals surface area contributed by atoms with Crippen LogP contribution in [0, 0.1) is 18.7 Å². The first kappa shape index (κ1) is 16.6. The van der Waals surface area contributed by atoms with Gasteiger partial charge in [-0.05, 0) is 44.7 Å². The van der Waals surface area contributed by atoms with Crippen molar-refractivity contribution in [3.05, 3.63) is 53.6 Å². The van der Waals surface area contributed by atoms with Gasteiger partial charge in [-0.2, -0.15) is 0 Å². The lowest BCUT2D eigenvalue weighted by molar-refractivity contribution is 0.0923. The van der Waals surface area contributed by atoms with Gasteiger partial charge in [-0.3, -0.25) is 9.78 Å². The van der Waals surface area contributed by atoms with Crippen molar-refractivity contribution in [2.24, 2.45) is 5.92 Å². The summed E-state index contributed by atoms with van der Waals surface area (Å²) in [5.74, 6) is 0.523. The Bertz CT molecular complexity index is 962. The summed E-state index contributed by atoms with van der Waals surface area (Å²) in [6, 6.07) is 4.39. The molecule has 0 radical (unpaired) electrons. The van der Waals surface area contributed by atoms with Crippen LogP contribution in [0.5, 0.6) is 0 Å². The first-order valence-corrected chi connectivity index (χ1v) is 8.82. The molecule has 4 rings (SSSR count). The highest BCUT2D eigenvalue weighted by Gasteiger charge is 2.37. The molecule has 1 aromatic carbocycles. The van der Waals surface area contributed by atoms with E-state index < -0.39 is 0 Å². The highest BCUT2D eigenvalue weighted by molar-refractivity contribution is 5.92. The molecule has 1 saturated carbocycles. The lowest BCUT2D eigenvalue weighted by Crippen LogP contribution is -2.32. The normalized spacial score (nSPS) is 15.2. The Kier molecular flexibility index (Phi) is 4.14. The summed E-state index contributed by atoms with van der Waals surface area (Å²) in [5.41, 5.74) is 2.53. The monoisotopic (exact) mass is 353 g/mol. The Morgan fingerprint density at radius 2 is 2.15 bits per heavy atom. The summed E-state index contributed by atoms with van der Waals surface area (Å²) < 4.78 is 15.6. The van der Waals surface area contributed by atoms with E-state index in [0.29, 0.717) is 18.0 Å². The van der Waals surface area contributed by atoms with Crippen molar-refractivity contribution in [2.45, 2.75) is 39.3 Å². The molecule has 134 valence electrons. The van der Waals surface area contributed by atoms with Gasteiger partial charge >= 0.3 is 0 Å². The van der Waals surface area contributed by atoms with Crippen LogP contribution in [0.15, 0.2) is 30.6 Å². The quantitative estimate of drug-likeness (QED) is 0.765. The summed E-state index contributed by atoms with van der Waals surface area (Å²) in [7, 11) is 0. The zero-order valence-electron chi connectivity index (χ0n) is 14.7. The number of carbonyl (C=O) groups excluding carboxylic acids is 1. The molecule has 7 heteroatoms. The van der Waals surface area contributed by atoms with Gasteiger partial charge < -0.3 is 9.88 Å². The fourth-order valence-electron chi connectivity index (χ4n) is 3.24. The average molecular weight is 353 g/mol. The van der Waals surface area contributed by atoms with Crippen molar-refractivity contribution in [3.63, 3.8) is 0 Å². The minimum atomic E-state index is -0.313. The van der Waals surface area contributed by atoms with Gasteiger partial charge in [0, 0.05) is 18.8 Å². The number of imidazole rings is 1. The van der Waals surface area contributed by atoms with Crippen LogP contribution in [-0.4, -0.2) is 25.4 Å². The van der Waals surface area contributed by atoms with E-state index in [9.17, 15) is 9.18 Å². The van der Waals surface area contributed by atoms with Crippen LogP contribution in [0.25, 0.3) is 11.0 Å². The summed E-state index contributed by atoms with van der Waals surface area (Å²) in [5, 5.41) is 3.06. The molecule has 0 saturated heterocycles. The van der Waals surface area contributed by atoms with Crippen molar-refractivity contribution in [1.29, 1.82) is 0 Å². The van der Waals surface area contributed by atoms with E-state index in [2.05, 4.69) is 20.3 Å². The molecule has 1 fully saturated rings. The van der Waals surface area contributed by atoms with Crippen LogP contribution >= 0.6 is 0 Å². The molecule has 2 aromatic heterocycles. The molecule has 26 heavy (non-hydrogen) atoms. The maximum atomic E-state index is 13.6. The van der Waals surface area contributed by atoms with Gasteiger partial charge in [-0.25, -0.2) is 14.4 Å². The predicted molar refractivity (Wildman–Crippen MR) is 95.1 cm³/mol. The second-order valence-electron chi connectivity index (χ2n) is 6.68. The van der Waals surface area contributed by atoms with Crippen LogP contribution in [0.4, 0.5) is 4.39 Å². The number of amides is 1. The Morgan fingerprint density at radius 1 is 1.35 bits per heavy atom. The third-order valence-corrected chi connectivity index (χ3v) is 4.73. The van der Waals surface area contributed by atoms with Crippen molar-refractivity contribution in [2.75, 3.05) is 0 Å². The summed E-state index contributed by atoms with van der Waals surface area (Å²) in [4.78, 5) is 25.6. The first-order valence-electron chi connectivity index (χ1n) is 8.82. The SMILES string of the molecule is CCn1c([C@@H](NC(=O)c2cnc(C)cn2)C2CC2)nc2cc(F)ccc21. The molecule has 2 heterocycles. The molecular weight excluding hydrogens is 333 g/mol. The fourth-order valence-corrected chi connectivity index (χ4v) is 3.24. The van der Waals surface area contributed by atoms with Gasteiger partial charge in [0.05, 0.1) is 29.0 Å². The summed E-state index contributed by atoms with van der Waals surface area (Å²) in [6.45, 7) is 4.54. The molecule has 0 aliphatic heterocycles. The fraction of sp³-hybridized carbons (Fsp3) is 0.368. The van der Waals surface area contributed by atoms with Crippen molar-refractivity contribution in [1.82, 2.24) is 24.8 Å². The van der Waals surface area contributed by atoms with E-state index >= 15 is 0 Å². The van der Waals surface area contributed by atoms with Gasteiger partial charge in [0.2, 0.25) is 0 Å². The number of fused-ring (bicyclic) bond motifs is 1. The number of hydrogen-bond donors (Lipinski definition) is 1. The van der Waals surface area contributed by atoms with Crippen molar-refractivity contribution in [3.8, 4) is 0 Å². The lowest BCUT2D eigenvalue weighted by Gasteiger charge is -2.19. The van der Waals surface area contributed by atoms with Crippen LogP contribution < -0.4 is 5.32 Å². The largest absolute Gasteiger partial charge is 0.340 e. The highest BCUT2D eigenvalue weighted by atomic mass is 19.1. The summed E-state index contributed by atoms with van der Waals surface area (Å²) >= 11 is 0. The Balaban J connectivity index is 1.69. The number of halogens is 1. The van der Waals surface area contributed by atoms with Crippen LogP contribution in [0.3, 0.4) is 0 Å². The zero-order chi connectivity index (χ0) is 18.3. The van der Waals surface area contributed by atoms with E-state index in [0.717, 1.165) is 29.9 Å². The van der Waals surface area contributed by atoms with E-state index in [1.807, 2.05) is 18.4 Å². The third-order valence-electron chi connectivity index (χ3n) is 4.73. The molecular formula is C19H20FN5O. The molecule has 1 amide bonds. The highest BCUT2D eigenvalue weighted by Crippen LogP contribution is 2.41. The zero-order valence-corrected chi connectivity index (χ0v) is 14.7. The topological polar surface area (TPSA) is 72.7 Å². The minimum Gasteiger partial charge on any atom is -0.340 e. The molecule has 1 atom stereocenters. The van der Waals surface area contributed by atoms with Gasteiger partial charge in [-0.15, -0.1) is 0 Å². The van der Waals surface area contributed by atoms with E-state index in [1.165, 1.54) is 18.3 Å². The smallest absolute Gasteiger partial charge is 0.272 e. The molecule has 0 unspecified atom stereocenters. The number of rotatable bonds is 5. The predicted octanol–water partition coefficient (Wildman–Crippen LogP) is 3.17. The van der Waals surface area contributed by atoms with Gasteiger partial charge in [0.15, 0.2) is 0 Å². The third kappa shape index (κ3) is 3.05. The summed E-state index contributed by atoms with van der Waals surface area (Å²) in [6.07, 6.45) is 5.12. The number of aromatic nitrogens is 4. The number of nitrogens with one attached hydrogen (secondary N) is 1. The number of nitrogens with zero attached hydrogens (tertiary/aromatic N) is 4. The van der Waals surface area contributed by atoms with Gasteiger partial charge in [0.25, 0.3) is 5.91 Å². The van der Waals surface area contributed by atoms with Crippen LogP contribution in [-0.2, 0) is 6.54 Å². The number of aryl methyl sites for hydroxylation is 2. The van der Waals surface area contributed by atoms with E-state index in [1.54, 1.807) is 12.3 Å². The maximum Gasteiger partial charge on any atom is 0.272 e. The number of carbonyl (C=O) groups is 1. The molecule has 1 aliphatic carbocycles. The molecule has 0 spiro atoms. The lowest BCUT2D eigenvalue weighted by atomic mass is 10.1. The standard InChI is InChI=1S/C19H20FN5O/c1-3-25-16-7-6-13(20)8-14(16)23-18(25)17(12-4-5-12)24-19(26)15-10-21-11(2)9-22-15/h6-10,12,17H,3-5H2,1-2H3,(H,24,26)/t17-/m0/s1. The molecule has 0 bridgehead atoms. The molecule has 3 aromatic rings.